The summed E-state index contributed by atoms with van der Waals surface area (Å²) in [6.45, 7) is 1.97. The number of aromatic nitrogens is 3. The largest absolute Gasteiger partial charge is 0.322 e. The monoisotopic (exact) mass is 452 g/mol. The van der Waals surface area contributed by atoms with Gasteiger partial charge in [-0.05, 0) is 34.1 Å². The summed E-state index contributed by atoms with van der Waals surface area (Å²) < 4.78 is 29.0. The highest BCUT2D eigenvalue weighted by Gasteiger charge is 2.17. The first-order valence-electron chi connectivity index (χ1n) is 8.06. The van der Waals surface area contributed by atoms with Crippen LogP contribution in [0, 0.1) is 11.6 Å². The number of para-hydroxylation sites is 1. The second kappa shape index (κ2) is 8.62. The number of hydrogen-bond acceptors (Lipinski definition) is 4. The van der Waals surface area contributed by atoms with Gasteiger partial charge in [0.2, 0.25) is 5.91 Å². The Hall–Kier alpha value is -2.26. The minimum Gasteiger partial charge on any atom is -0.322 e. The average Bonchev–Trinajstić information content (AvgIpc) is 3.06. The smallest absolute Gasteiger partial charge is 0.234 e. The molecule has 0 radical (unpaired) electrons. The summed E-state index contributed by atoms with van der Waals surface area (Å²) in [5.74, 6) is -1.24. The Morgan fingerprint density at radius 1 is 1.22 bits per heavy atom. The van der Waals surface area contributed by atoms with E-state index in [-0.39, 0.29) is 15.9 Å². The zero-order valence-electron chi connectivity index (χ0n) is 14.2. The molecule has 1 aromatic heterocycles. The Bertz CT molecular complexity index is 942. The number of carbonyl (C=O) groups excluding carboxylic acids is 1. The van der Waals surface area contributed by atoms with Crippen molar-refractivity contribution in [3.63, 3.8) is 0 Å². The first-order valence-corrected chi connectivity index (χ1v) is 9.84. The van der Waals surface area contributed by atoms with Crippen LogP contribution < -0.4 is 5.32 Å². The lowest BCUT2D eigenvalue weighted by atomic mass is 10.3. The maximum Gasteiger partial charge on any atom is 0.234 e. The molecule has 1 amide bonds. The number of nitrogens with one attached hydrogen (secondary N) is 1. The van der Waals surface area contributed by atoms with Gasteiger partial charge in [-0.1, -0.05) is 36.9 Å². The predicted octanol–water partition coefficient (Wildman–Crippen LogP) is 4.60. The van der Waals surface area contributed by atoms with Crippen LogP contribution in [-0.4, -0.2) is 26.4 Å². The van der Waals surface area contributed by atoms with E-state index < -0.39 is 17.5 Å². The SMILES string of the molecule is CCc1nnc(SCC(=O)Nc2c(F)cc(F)cc2Br)n1-c1ccccc1. The molecule has 0 atom stereocenters. The molecule has 2 aromatic carbocycles. The highest BCUT2D eigenvalue weighted by Crippen LogP contribution is 2.28. The molecule has 0 spiro atoms. The van der Waals surface area contributed by atoms with Crippen LogP contribution in [-0.2, 0) is 11.2 Å². The van der Waals surface area contributed by atoms with Crippen molar-refractivity contribution < 1.29 is 13.6 Å². The second-order valence-electron chi connectivity index (χ2n) is 5.50. The zero-order chi connectivity index (χ0) is 19.4. The normalized spacial score (nSPS) is 10.8. The van der Waals surface area contributed by atoms with Gasteiger partial charge in [0.25, 0.3) is 0 Å². The molecular weight excluding hydrogens is 438 g/mol. The van der Waals surface area contributed by atoms with Gasteiger partial charge in [-0.15, -0.1) is 10.2 Å². The van der Waals surface area contributed by atoms with Crippen molar-refractivity contribution in [1.82, 2.24) is 14.8 Å². The minimum atomic E-state index is -0.846. The van der Waals surface area contributed by atoms with E-state index in [2.05, 4.69) is 31.4 Å². The Morgan fingerprint density at radius 3 is 2.63 bits per heavy atom. The topological polar surface area (TPSA) is 59.8 Å². The molecule has 0 aliphatic carbocycles. The number of aryl methyl sites for hydroxylation is 1. The average molecular weight is 453 g/mol. The molecule has 0 unspecified atom stereocenters. The molecule has 27 heavy (non-hydrogen) atoms. The van der Waals surface area contributed by atoms with Crippen LogP contribution in [0.15, 0.2) is 52.1 Å². The van der Waals surface area contributed by atoms with Gasteiger partial charge in [-0.25, -0.2) is 8.78 Å². The maximum atomic E-state index is 13.9. The van der Waals surface area contributed by atoms with Gasteiger partial charge in [0.05, 0.1) is 11.4 Å². The first-order chi connectivity index (χ1) is 13.0. The summed E-state index contributed by atoms with van der Waals surface area (Å²) in [7, 11) is 0. The predicted molar refractivity (Wildman–Crippen MR) is 104 cm³/mol. The quantitative estimate of drug-likeness (QED) is 0.555. The second-order valence-corrected chi connectivity index (χ2v) is 7.30. The van der Waals surface area contributed by atoms with Crippen LogP contribution in [0.4, 0.5) is 14.5 Å². The molecular formula is C18H15BrF2N4OS. The Kier molecular flexibility index (Phi) is 6.22. The van der Waals surface area contributed by atoms with Gasteiger partial charge in [-0.3, -0.25) is 9.36 Å². The lowest BCUT2D eigenvalue weighted by Crippen LogP contribution is -2.16. The van der Waals surface area contributed by atoms with Crippen LogP contribution in [0.2, 0.25) is 0 Å². The summed E-state index contributed by atoms with van der Waals surface area (Å²) in [5, 5.41) is 11.3. The van der Waals surface area contributed by atoms with Crippen molar-refractivity contribution >= 4 is 39.3 Å². The maximum absolute atomic E-state index is 13.9. The molecule has 0 saturated carbocycles. The molecule has 3 rings (SSSR count). The van der Waals surface area contributed by atoms with Crippen molar-refractivity contribution in [2.24, 2.45) is 0 Å². The van der Waals surface area contributed by atoms with Gasteiger partial charge in [0.1, 0.15) is 11.6 Å². The van der Waals surface area contributed by atoms with Crippen molar-refractivity contribution in [2.75, 3.05) is 11.1 Å². The van der Waals surface area contributed by atoms with Crippen LogP contribution >= 0.6 is 27.7 Å². The Balaban J connectivity index is 1.74. The number of amides is 1. The van der Waals surface area contributed by atoms with Crippen LogP contribution in [0.5, 0.6) is 0 Å². The van der Waals surface area contributed by atoms with E-state index in [1.54, 1.807) is 0 Å². The van der Waals surface area contributed by atoms with Gasteiger partial charge in [-0.2, -0.15) is 0 Å². The highest BCUT2D eigenvalue weighted by atomic mass is 79.9. The fourth-order valence-electron chi connectivity index (χ4n) is 2.43. The van der Waals surface area contributed by atoms with E-state index in [0.29, 0.717) is 17.6 Å². The Labute approximate surface area is 167 Å². The Morgan fingerprint density at radius 2 is 1.96 bits per heavy atom. The molecule has 1 heterocycles. The van der Waals surface area contributed by atoms with E-state index in [1.165, 1.54) is 11.8 Å². The lowest BCUT2D eigenvalue weighted by Gasteiger charge is -2.10. The number of anilines is 1. The molecule has 9 heteroatoms. The molecule has 0 fully saturated rings. The number of carbonyl (C=O) groups is 1. The molecule has 0 aliphatic rings. The van der Waals surface area contributed by atoms with E-state index in [0.717, 1.165) is 17.6 Å². The number of benzene rings is 2. The number of nitrogens with zero attached hydrogens (tertiary/aromatic N) is 3. The number of rotatable bonds is 6. The van der Waals surface area contributed by atoms with Crippen LogP contribution in [0.1, 0.15) is 12.7 Å². The van der Waals surface area contributed by atoms with E-state index in [4.69, 9.17) is 0 Å². The van der Waals surface area contributed by atoms with E-state index >= 15 is 0 Å². The van der Waals surface area contributed by atoms with Crippen molar-refractivity contribution in [1.29, 1.82) is 0 Å². The van der Waals surface area contributed by atoms with E-state index in [9.17, 15) is 13.6 Å². The molecule has 0 bridgehead atoms. The van der Waals surface area contributed by atoms with Crippen LogP contribution in [0.25, 0.3) is 5.69 Å². The summed E-state index contributed by atoms with van der Waals surface area (Å²) >= 11 is 4.24. The summed E-state index contributed by atoms with van der Waals surface area (Å²) in [4.78, 5) is 12.2. The molecule has 5 nitrogen and oxygen atoms in total. The van der Waals surface area contributed by atoms with Gasteiger partial charge in [0.15, 0.2) is 11.0 Å². The van der Waals surface area contributed by atoms with E-state index in [1.807, 2.05) is 41.8 Å². The van der Waals surface area contributed by atoms with Crippen molar-refractivity contribution in [3.8, 4) is 5.69 Å². The molecule has 3 aromatic rings. The van der Waals surface area contributed by atoms with Crippen LogP contribution in [0.3, 0.4) is 0 Å². The van der Waals surface area contributed by atoms with Crippen molar-refractivity contribution in [3.05, 3.63) is 64.4 Å². The number of thioether (sulfide) groups is 1. The highest BCUT2D eigenvalue weighted by molar-refractivity contribution is 9.10. The number of hydrogen-bond donors (Lipinski definition) is 1. The molecule has 0 saturated heterocycles. The standard InChI is InChI=1S/C18H15BrF2N4OS/c1-2-15-23-24-18(25(15)12-6-4-3-5-7-12)27-10-16(26)22-17-13(19)8-11(20)9-14(17)21/h3-9H,2,10H2,1H3,(H,22,26). The molecule has 0 aliphatic heterocycles. The minimum absolute atomic E-state index is 0.00205. The van der Waals surface area contributed by atoms with Crippen molar-refractivity contribution in [2.45, 2.75) is 18.5 Å². The van der Waals surface area contributed by atoms with Gasteiger partial charge >= 0.3 is 0 Å². The summed E-state index contributed by atoms with van der Waals surface area (Å²) in [6, 6.07) is 11.4. The first kappa shape index (κ1) is 19.5. The third-order valence-electron chi connectivity index (χ3n) is 3.63. The summed E-state index contributed by atoms with van der Waals surface area (Å²) in [6.07, 6.45) is 0.683. The van der Waals surface area contributed by atoms with Gasteiger partial charge < -0.3 is 5.32 Å². The third-order valence-corrected chi connectivity index (χ3v) is 5.19. The zero-order valence-corrected chi connectivity index (χ0v) is 16.7. The fourth-order valence-corrected chi connectivity index (χ4v) is 3.70. The summed E-state index contributed by atoms with van der Waals surface area (Å²) in [5.41, 5.74) is 0.801. The lowest BCUT2D eigenvalue weighted by molar-refractivity contribution is -0.113. The molecule has 1 N–H and O–H groups in total. The fraction of sp³-hybridized carbons (Fsp3) is 0.167. The molecule has 140 valence electrons. The third kappa shape index (κ3) is 4.54. The number of halogens is 3. The van der Waals surface area contributed by atoms with Gasteiger partial charge in [0, 0.05) is 22.6 Å².